The summed E-state index contributed by atoms with van der Waals surface area (Å²) < 4.78 is 44.2. The Morgan fingerprint density at radius 3 is 2.38 bits per heavy atom. The van der Waals surface area contributed by atoms with Crippen molar-refractivity contribution in [3.05, 3.63) is 24.2 Å². The number of carboxylic acid groups (broad SMARTS) is 1. The van der Waals surface area contributed by atoms with E-state index in [2.05, 4.69) is 5.32 Å². The minimum Gasteiger partial charge on any atom is -0.481 e. The van der Waals surface area contributed by atoms with E-state index in [1.807, 2.05) is 0 Å². The Kier molecular flexibility index (Phi) is 5.62. The van der Waals surface area contributed by atoms with Gasteiger partial charge in [-0.1, -0.05) is 13.8 Å². The maximum Gasteiger partial charge on any atom is 0.394 e. The van der Waals surface area contributed by atoms with Crippen LogP contribution in [-0.2, 0) is 9.59 Å². The minimum absolute atomic E-state index is 0.0403. The Balaban J connectivity index is 2.16. The first kappa shape index (κ1) is 19.8. The predicted octanol–water partition coefficient (Wildman–Crippen LogP) is 1.76. The largest absolute Gasteiger partial charge is 0.481 e. The number of carboxylic acids is 1. The molecule has 144 valence electrons. The number of carbonyl (C=O) groups excluding carboxylic acids is 2. The first-order valence-electron chi connectivity index (χ1n) is 7.95. The molecule has 1 unspecified atom stereocenters. The van der Waals surface area contributed by atoms with Gasteiger partial charge in [-0.15, -0.1) is 0 Å². The van der Waals surface area contributed by atoms with Crippen LogP contribution in [0, 0.1) is 17.8 Å². The van der Waals surface area contributed by atoms with Crippen LogP contribution in [0.4, 0.5) is 13.2 Å². The summed E-state index contributed by atoms with van der Waals surface area (Å²) in [6.07, 6.45) is -3.46. The van der Waals surface area contributed by atoms with E-state index in [9.17, 15) is 27.6 Å². The zero-order valence-corrected chi connectivity index (χ0v) is 14.1. The van der Waals surface area contributed by atoms with E-state index < -0.39 is 60.8 Å². The van der Waals surface area contributed by atoms with E-state index in [1.54, 1.807) is 13.8 Å². The van der Waals surface area contributed by atoms with Gasteiger partial charge in [0.2, 0.25) is 5.91 Å². The molecule has 0 bridgehead atoms. The molecular weight excluding hydrogens is 357 g/mol. The number of nitrogens with one attached hydrogen (secondary N) is 1. The monoisotopic (exact) mass is 376 g/mol. The zero-order valence-electron chi connectivity index (χ0n) is 14.1. The Bertz CT molecular complexity index is 672. The lowest BCUT2D eigenvalue weighted by atomic mass is 9.96. The summed E-state index contributed by atoms with van der Waals surface area (Å²) in [7, 11) is 0. The lowest BCUT2D eigenvalue weighted by molar-refractivity contribution is -0.188. The van der Waals surface area contributed by atoms with E-state index >= 15 is 0 Å². The molecule has 0 spiro atoms. The molecule has 2 rings (SSSR count). The second kappa shape index (κ2) is 7.38. The van der Waals surface area contributed by atoms with E-state index in [4.69, 9.17) is 9.52 Å². The summed E-state index contributed by atoms with van der Waals surface area (Å²) in [6, 6.07) is 1.76. The highest BCUT2D eigenvalue weighted by Crippen LogP contribution is 2.38. The van der Waals surface area contributed by atoms with E-state index in [0.29, 0.717) is 0 Å². The summed E-state index contributed by atoms with van der Waals surface area (Å²) in [4.78, 5) is 36.7. The second-order valence-electron chi connectivity index (χ2n) is 6.51. The van der Waals surface area contributed by atoms with Crippen LogP contribution in [-0.4, -0.2) is 53.1 Å². The quantitative estimate of drug-likeness (QED) is 0.816. The van der Waals surface area contributed by atoms with Gasteiger partial charge in [-0.3, -0.25) is 14.4 Å². The van der Waals surface area contributed by atoms with Crippen LogP contribution in [0.5, 0.6) is 0 Å². The van der Waals surface area contributed by atoms with Crippen molar-refractivity contribution in [2.45, 2.75) is 26.1 Å². The van der Waals surface area contributed by atoms with Gasteiger partial charge in [0.15, 0.2) is 5.76 Å². The first-order valence-corrected chi connectivity index (χ1v) is 7.95. The molecule has 1 aliphatic heterocycles. The summed E-state index contributed by atoms with van der Waals surface area (Å²) in [5.74, 6) is -7.37. The molecular formula is C16H19F3N2O5. The number of nitrogens with zero attached hydrogens (tertiary/aromatic N) is 1. The van der Waals surface area contributed by atoms with E-state index in [0.717, 1.165) is 4.90 Å². The summed E-state index contributed by atoms with van der Waals surface area (Å²) >= 11 is 0. The van der Waals surface area contributed by atoms with Crippen molar-refractivity contribution in [2.75, 3.05) is 13.1 Å². The number of rotatable bonds is 5. The van der Waals surface area contributed by atoms with Crippen molar-refractivity contribution in [3.63, 3.8) is 0 Å². The van der Waals surface area contributed by atoms with Crippen molar-refractivity contribution in [3.8, 4) is 0 Å². The van der Waals surface area contributed by atoms with Crippen molar-refractivity contribution in [1.82, 2.24) is 10.2 Å². The molecule has 1 saturated heterocycles. The fourth-order valence-electron chi connectivity index (χ4n) is 2.90. The molecule has 2 N–H and O–H groups in total. The number of amides is 2. The number of furan rings is 1. The van der Waals surface area contributed by atoms with Gasteiger partial charge < -0.3 is 19.7 Å². The van der Waals surface area contributed by atoms with Gasteiger partial charge in [-0.25, -0.2) is 0 Å². The SMILES string of the molecule is CC(C)C(NC(=O)c1ccco1)C(=O)N1C[C@@H](C(F)(F)F)[C@H](C(=O)O)C1. The number of alkyl halides is 3. The average molecular weight is 376 g/mol. The van der Waals surface area contributed by atoms with E-state index in [1.165, 1.54) is 18.4 Å². The lowest BCUT2D eigenvalue weighted by Gasteiger charge is -2.26. The van der Waals surface area contributed by atoms with Gasteiger partial charge >= 0.3 is 12.1 Å². The molecule has 0 radical (unpaired) electrons. The standard InChI is InChI=1S/C16H19F3N2O5/c1-8(2)12(20-13(22)11-4-3-5-26-11)14(23)21-6-9(15(24)25)10(7-21)16(17,18)19/h3-5,8-10,12H,6-7H2,1-2H3,(H,20,22)(H,24,25)/t9-,10-,12?/m1/s1. The van der Waals surface area contributed by atoms with Crippen LogP contribution < -0.4 is 5.32 Å². The Hall–Kier alpha value is -2.52. The molecule has 1 aliphatic rings. The Labute approximate surface area is 147 Å². The maximum absolute atomic E-state index is 13.1. The number of likely N-dealkylation sites (tertiary alicyclic amines) is 1. The summed E-state index contributed by atoms with van der Waals surface area (Å²) in [5, 5.41) is 11.5. The highest BCUT2D eigenvalue weighted by atomic mass is 19.4. The van der Waals surface area contributed by atoms with Crippen LogP contribution in [0.25, 0.3) is 0 Å². The third-order valence-electron chi connectivity index (χ3n) is 4.33. The fraction of sp³-hybridized carbons (Fsp3) is 0.562. The normalized spacial score (nSPS) is 21.7. The highest BCUT2D eigenvalue weighted by Gasteiger charge is 2.54. The Morgan fingerprint density at radius 2 is 1.96 bits per heavy atom. The molecule has 2 heterocycles. The molecule has 0 aliphatic carbocycles. The predicted molar refractivity (Wildman–Crippen MR) is 82.1 cm³/mol. The second-order valence-corrected chi connectivity index (χ2v) is 6.51. The molecule has 1 aromatic heterocycles. The van der Waals surface area contributed by atoms with Gasteiger partial charge in [-0.2, -0.15) is 13.2 Å². The number of hydrogen-bond donors (Lipinski definition) is 2. The molecule has 2 amide bonds. The van der Waals surface area contributed by atoms with Crippen molar-refractivity contribution >= 4 is 17.8 Å². The third-order valence-corrected chi connectivity index (χ3v) is 4.33. The van der Waals surface area contributed by atoms with Crippen molar-refractivity contribution in [1.29, 1.82) is 0 Å². The van der Waals surface area contributed by atoms with E-state index in [-0.39, 0.29) is 5.76 Å². The van der Waals surface area contributed by atoms with Crippen molar-refractivity contribution < 1.29 is 37.1 Å². The van der Waals surface area contributed by atoms with Gasteiger partial charge in [0.1, 0.15) is 6.04 Å². The summed E-state index contributed by atoms with van der Waals surface area (Å²) in [6.45, 7) is 1.94. The summed E-state index contributed by atoms with van der Waals surface area (Å²) in [5.41, 5.74) is 0. The number of aliphatic carboxylic acids is 1. The molecule has 26 heavy (non-hydrogen) atoms. The number of halogens is 3. The topological polar surface area (TPSA) is 99.9 Å². The minimum atomic E-state index is -4.73. The number of carbonyl (C=O) groups is 3. The Morgan fingerprint density at radius 1 is 1.31 bits per heavy atom. The smallest absolute Gasteiger partial charge is 0.394 e. The zero-order chi connectivity index (χ0) is 19.6. The van der Waals surface area contributed by atoms with Crippen LogP contribution >= 0.6 is 0 Å². The molecule has 10 heteroatoms. The first-order chi connectivity index (χ1) is 12.0. The maximum atomic E-state index is 13.1. The molecule has 1 aromatic rings. The lowest BCUT2D eigenvalue weighted by Crippen LogP contribution is -2.51. The third kappa shape index (κ3) is 4.17. The van der Waals surface area contributed by atoms with Gasteiger partial charge in [0, 0.05) is 13.1 Å². The molecule has 1 fully saturated rings. The van der Waals surface area contributed by atoms with Gasteiger partial charge in [0.25, 0.3) is 5.91 Å². The van der Waals surface area contributed by atoms with Gasteiger partial charge in [-0.05, 0) is 18.1 Å². The molecule has 0 saturated carbocycles. The molecule has 0 aromatic carbocycles. The average Bonchev–Trinajstić information content (AvgIpc) is 3.19. The molecule has 7 nitrogen and oxygen atoms in total. The van der Waals surface area contributed by atoms with Crippen LogP contribution in [0.2, 0.25) is 0 Å². The number of hydrogen-bond acceptors (Lipinski definition) is 4. The fourth-order valence-corrected chi connectivity index (χ4v) is 2.90. The van der Waals surface area contributed by atoms with Crippen LogP contribution in [0.15, 0.2) is 22.8 Å². The van der Waals surface area contributed by atoms with Crippen molar-refractivity contribution in [2.24, 2.45) is 17.8 Å². The van der Waals surface area contributed by atoms with Crippen LogP contribution in [0.1, 0.15) is 24.4 Å². The van der Waals surface area contributed by atoms with Gasteiger partial charge in [0.05, 0.1) is 18.1 Å². The van der Waals surface area contributed by atoms with Crippen LogP contribution in [0.3, 0.4) is 0 Å². The molecule has 3 atom stereocenters. The highest BCUT2D eigenvalue weighted by molar-refractivity contribution is 5.95.